The van der Waals surface area contributed by atoms with Gasteiger partial charge in [0.15, 0.2) is 0 Å². The summed E-state index contributed by atoms with van der Waals surface area (Å²) in [6.45, 7) is 0.559. The van der Waals surface area contributed by atoms with E-state index in [9.17, 15) is 4.79 Å². The first-order valence-corrected chi connectivity index (χ1v) is 6.93. The number of nitrogens with two attached hydrogens (primary N) is 1. The lowest BCUT2D eigenvalue weighted by atomic mass is 10.2. The summed E-state index contributed by atoms with van der Waals surface area (Å²) in [5.41, 5.74) is 6.66. The molecular formula is C12H12BrN3OS. The van der Waals surface area contributed by atoms with Crippen molar-refractivity contribution in [3.63, 3.8) is 0 Å². The number of nitrogen functional groups attached to an aromatic ring is 1. The Labute approximate surface area is 118 Å². The van der Waals surface area contributed by atoms with Gasteiger partial charge in [-0.05, 0) is 28.1 Å². The van der Waals surface area contributed by atoms with Crippen LogP contribution in [0.4, 0.5) is 5.69 Å². The lowest BCUT2D eigenvalue weighted by Crippen LogP contribution is -2.26. The Morgan fingerprint density at radius 1 is 1.61 bits per heavy atom. The number of hydrogen-bond acceptors (Lipinski definition) is 4. The standard InChI is InChI=1S/C12H12BrN3OS/c1-16(6-9-4-8(13)7-18-9)12(17)10-5-15-3-2-11(10)14/h2-5,7H,6H2,1H3,(H2,14,15). The van der Waals surface area contributed by atoms with Gasteiger partial charge in [0, 0.05) is 39.9 Å². The van der Waals surface area contributed by atoms with Gasteiger partial charge in [0.2, 0.25) is 0 Å². The van der Waals surface area contributed by atoms with E-state index in [4.69, 9.17) is 5.73 Å². The van der Waals surface area contributed by atoms with Crippen LogP contribution in [0.15, 0.2) is 34.4 Å². The first-order chi connectivity index (χ1) is 8.58. The molecule has 0 aliphatic rings. The maximum Gasteiger partial charge on any atom is 0.257 e. The van der Waals surface area contributed by atoms with Crippen LogP contribution in [0.5, 0.6) is 0 Å². The average Bonchev–Trinajstić information content (AvgIpc) is 2.74. The topological polar surface area (TPSA) is 59.2 Å². The highest BCUT2D eigenvalue weighted by molar-refractivity contribution is 9.10. The molecule has 18 heavy (non-hydrogen) atoms. The normalized spacial score (nSPS) is 10.3. The summed E-state index contributed by atoms with van der Waals surface area (Å²) < 4.78 is 1.03. The van der Waals surface area contributed by atoms with Gasteiger partial charge in [-0.2, -0.15) is 0 Å². The molecular weight excluding hydrogens is 314 g/mol. The molecule has 0 bridgehead atoms. The van der Waals surface area contributed by atoms with Gasteiger partial charge >= 0.3 is 0 Å². The first kappa shape index (κ1) is 13.0. The third-order valence-corrected chi connectivity index (χ3v) is 4.13. The Morgan fingerprint density at radius 3 is 3.00 bits per heavy atom. The highest BCUT2D eigenvalue weighted by Gasteiger charge is 2.15. The van der Waals surface area contributed by atoms with E-state index in [1.165, 1.54) is 6.20 Å². The van der Waals surface area contributed by atoms with Crippen LogP contribution in [-0.2, 0) is 6.54 Å². The van der Waals surface area contributed by atoms with Crippen molar-refractivity contribution in [3.05, 3.63) is 44.8 Å². The third kappa shape index (κ3) is 2.88. The smallest absolute Gasteiger partial charge is 0.257 e. The summed E-state index contributed by atoms with van der Waals surface area (Å²) >= 11 is 5.00. The monoisotopic (exact) mass is 325 g/mol. The maximum atomic E-state index is 12.2. The molecule has 0 saturated heterocycles. The van der Waals surface area contributed by atoms with E-state index in [-0.39, 0.29) is 5.91 Å². The Bertz CT molecular complexity index is 570. The van der Waals surface area contributed by atoms with Crippen LogP contribution in [0.3, 0.4) is 0 Å². The molecule has 0 aromatic carbocycles. The van der Waals surface area contributed by atoms with Crippen molar-refractivity contribution in [2.75, 3.05) is 12.8 Å². The summed E-state index contributed by atoms with van der Waals surface area (Å²) in [5.74, 6) is -0.120. The summed E-state index contributed by atoms with van der Waals surface area (Å²) in [6, 6.07) is 3.63. The Hall–Kier alpha value is -1.40. The molecule has 0 aliphatic carbocycles. The molecule has 94 valence electrons. The highest BCUT2D eigenvalue weighted by Crippen LogP contribution is 2.21. The molecule has 6 heteroatoms. The van der Waals surface area contributed by atoms with E-state index >= 15 is 0 Å². The fourth-order valence-corrected chi connectivity index (χ4v) is 3.04. The minimum Gasteiger partial charge on any atom is -0.398 e. The van der Waals surface area contributed by atoms with Crippen molar-refractivity contribution >= 4 is 38.9 Å². The second-order valence-electron chi connectivity index (χ2n) is 3.86. The lowest BCUT2D eigenvalue weighted by molar-refractivity contribution is 0.0787. The van der Waals surface area contributed by atoms with E-state index in [2.05, 4.69) is 20.9 Å². The SMILES string of the molecule is CN(Cc1cc(Br)cs1)C(=O)c1cnccc1N. The summed E-state index contributed by atoms with van der Waals surface area (Å²) in [5, 5.41) is 1.99. The molecule has 0 unspecified atom stereocenters. The van der Waals surface area contributed by atoms with E-state index in [1.807, 2.05) is 11.4 Å². The number of thiophene rings is 1. The van der Waals surface area contributed by atoms with Crippen LogP contribution in [-0.4, -0.2) is 22.8 Å². The van der Waals surface area contributed by atoms with Crippen LogP contribution in [0, 0.1) is 0 Å². The molecule has 1 amide bonds. The molecule has 0 aliphatic heterocycles. The number of halogens is 1. The van der Waals surface area contributed by atoms with Crippen molar-refractivity contribution in [1.29, 1.82) is 0 Å². The molecule has 2 N–H and O–H groups in total. The predicted molar refractivity (Wildman–Crippen MR) is 76.5 cm³/mol. The number of amides is 1. The zero-order valence-electron chi connectivity index (χ0n) is 9.76. The van der Waals surface area contributed by atoms with Crippen LogP contribution >= 0.6 is 27.3 Å². The number of aromatic nitrogens is 1. The van der Waals surface area contributed by atoms with Crippen molar-refractivity contribution in [3.8, 4) is 0 Å². The molecule has 0 atom stereocenters. The second kappa shape index (κ2) is 5.49. The van der Waals surface area contributed by atoms with Gasteiger partial charge in [-0.15, -0.1) is 11.3 Å². The number of pyridine rings is 1. The molecule has 0 fully saturated rings. The van der Waals surface area contributed by atoms with E-state index in [0.29, 0.717) is 17.8 Å². The van der Waals surface area contributed by atoms with Crippen LogP contribution in [0.2, 0.25) is 0 Å². The third-order valence-electron chi connectivity index (χ3n) is 2.45. The summed E-state index contributed by atoms with van der Waals surface area (Å²) in [7, 11) is 1.75. The minimum absolute atomic E-state index is 0.120. The molecule has 0 radical (unpaired) electrons. The Morgan fingerprint density at radius 2 is 2.39 bits per heavy atom. The molecule has 0 spiro atoms. The average molecular weight is 326 g/mol. The minimum atomic E-state index is -0.120. The van der Waals surface area contributed by atoms with Crippen molar-refractivity contribution < 1.29 is 4.79 Å². The van der Waals surface area contributed by atoms with Gasteiger partial charge in [0.1, 0.15) is 0 Å². The lowest BCUT2D eigenvalue weighted by Gasteiger charge is -2.16. The number of rotatable bonds is 3. The Balaban J connectivity index is 2.12. The van der Waals surface area contributed by atoms with Crippen molar-refractivity contribution in [2.24, 2.45) is 0 Å². The molecule has 0 saturated carbocycles. The first-order valence-electron chi connectivity index (χ1n) is 5.26. The van der Waals surface area contributed by atoms with Crippen molar-refractivity contribution in [2.45, 2.75) is 6.54 Å². The predicted octanol–water partition coefficient (Wildman–Crippen LogP) is 2.76. The van der Waals surface area contributed by atoms with Gasteiger partial charge in [-0.3, -0.25) is 9.78 Å². The van der Waals surface area contributed by atoms with E-state index < -0.39 is 0 Å². The number of carbonyl (C=O) groups excluding carboxylic acids is 1. The zero-order valence-corrected chi connectivity index (χ0v) is 12.2. The summed E-state index contributed by atoms with van der Waals surface area (Å²) in [4.78, 5) is 18.8. The van der Waals surface area contributed by atoms with Crippen LogP contribution in [0.25, 0.3) is 0 Å². The largest absolute Gasteiger partial charge is 0.398 e. The maximum absolute atomic E-state index is 12.2. The summed E-state index contributed by atoms with van der Waals surface area (Å²) in [6.07, 6.45) is 3.07. The number of hydrogen-bond donors (Lipinski definition) is 1. The zero-order chi connectivity index (χ0) is 13.1. The van der Waals surface area contributed by atoms with Crippen molar-refractivity contribution in [1.82, 2.24) is 9.88 Å². The highest BCUT2D eigenvalue weighted by atomic mass is 79.9. The number of nitrogens with zero attached hydrogens (tertiary/aromatic N) is 2. The fourth-order valence-electron chi connectivity index (χ4n) is 1.53. The molecule has 4 nitrogen and oxygen atoms in total. The fraction of sp³-hybridized carbons (Fsp3) is 0.167. The molecule has 2 rings (SSSR count). The quantitative estimate of drug-likeness (QED) is 0.943. The molecule has 2 aromatic heterocycles. The molecule has 2 heterocycles. The molecule has 2 aromatic rings. The van der Waals surface area contributed by atoms with Crippen LogP contribution in [0.1, 0.15) is 15.2 Å². The van der Waals surface area contributed by atoms with Crippen LogP contribution < -0.4 is 5.73 Å². The number of carbonyl (C=O) groups is 1. The van der Waals surface area contributed by atoms with E-state index in [0.717, 1.165) is 9.35 Å². The Kier molecular flexibility index (Phi) is 3.98. The van der Waals surface area contributed by atoms with Gasteiger partial charge in [0.05, 0.1) is 12.1 Å². The van der Waals surface area contributed by atoms with Gasteiger partial charge in [-0.1, -0.05) is 0 Å². The van der Waals surface area contributed by atoms with Gasteiger partial charge in [0.25, 0.3) is 5.91 Å². The van der Waals surface area contributed by atoms with Gasteiger partial charge in [-0.25, -0.2) is 0 Å². The number of anilines is 1. The second-order valence-corrected chi connectivity index (χ2v) is 5.77. The van der Waals surface area contributed by atoms with Gasteiger partial charge < -0.3 is 10.6 Å². The van der Waals surface area contributed by atoms with E-state index in [1.54, 1.807) is 35.5 Å².